The van der Waals surface area contributed by atoms with Gasteiger partial charge in [0, 0.05) is 41.6 Å². The lowest BCUT2D eigenvalue weighted by atomic mass is 10.1. The molecule has 0 atom stereocenters. The molecule has 0 amide bonds. The van der Waals surface area contributed by atoms with Crippen LogP contribution < -0.4 is 0 Å². The monoisotopic (exact) mass is 337 g/mol. The highest BCUT2D eigenvalue weighted by molar-refractivity contribution is 5.86. The molecule has 0 unspecified atom stereocenters. The Balaban J connectivity index is 1.82. The number of carbonyl (C=O) groups excluding carboxylic acids is 1. The fourth-order valence-electron chi connectivity index (χ4n) is 2.86. The molecule has 3 heterocycles. The third kappa shape index (κ3) is 4.09. The van der Waals surface area contributed by atoms with Crippen LogP contribution in [0.25, 0.3) is 22.0 Å². The van der Waals surface area contributed by atoms with Crippen molar-refractivity contribution in [2.24, 2.45) is 7.05 Å². The third-order valence-corrected chi connectivity index (χ3v) is 4.34. The Bertz CT molecular complexity index is 882. The van der Waals surface area contributed by atoms with Gasteiger partial charge in [-0.1, -0.05) is 13.8 Å². The van der Waals surface area contributed by atoms with Gasteiger partial charge in [0.15, 0.2) is 5.78 Å². The topological polar surface area (TPSA) is 63.9 Å². The van der Waals surface area contributed by atoms with Crippen molar-refractivity contribution < 1.29 is 4.79 Å². The van der Waals surface area contributed by atoms with Gasteiger partial charge in [0.2, 0.25) is 0 Å². The van der Waals surface area contributed by atoms with E-state index in [0.717, 1.165) is 40.8 Å². The average Bonchev–Trinajstić information content (AvgIpc) is 3.05. The van der Waals surface area contributed by atoms with Crippen LogP contribution in [0.4, 0.5) is 0 Å². The van der Waals surface area contributed by atoms with Gasteiger partial charge in [0.05, 0.1) is 30.9 Å². The third-order valence-electron chi connectivity index (χ3n) is 4.34. The smallest absolute Gasteiger partial charge is 0.152 e. The molecular formula is C19H23N5O. The molecule has 0 aliphatic heterocycles. The molecule has 3 aromatic heterocycles. The summed E-state index contributed by atoms with van der Waals surface area (Å²) in [6, 6.07) is 4.03. The van der Waals surface area contributed by atoms with Crippen molar-refractivity contribution >= 4 is 16.7 Å². The number of fused-ring (bicyclic) bond motifs is 1. The van der Waals surface area contributed by atoms with E-state index >= 15 is 0 Å². The molecule has 0 spiro atoms. The van der Waals surface area contributed by atoms with Gasteiger partial charge in [-0.15, -0.1) is 0 Å². The molecule has 0 fully saturated rings. The number of carbonyl (C=O) groups is 1. The van der Waals surface area contributed by atoms with Crippen LogP contribution in [0.5, 0.6) is 0 Å². The van der Waals surface area contributed by atoms with Crippen molar-refractivity contribution in [1.82, 2.24) is 24.6 Å². The molecule has 0 N–H and O–H groups in total. The summed E-state index contributed by atoms with van der Waals surface area (Å²) in [5.41, 5.74) is 3.64. The van der Waals surface area contributed by atoms with Crippen LogP contribution in [0.3, 0.4) is 0 Å². The minimum atomic E-state index is 0.187. The van der Waals surface area contributed by atoms with Gasteiger partial charge >= 0.3 is 0 Å². The van der Waals surface area contributed by atoms with Crippen LogP contribution in [-0.4, -0.2) is 50.1 Å². The minimum absolute atomic E-state index is 0.187. The first-order chi connectivity index (χ1) is 12.1. The van der Waals surface area contributed by atoms with Gasteiger partial charge in [0.25, 0.3) is 0 Å². The van der Waals surface area contributed by atoms with Gasteiger partial charge in [-0.3, -0.25) is 24.3 Å². The van der Waals surface area contributed by atoms with E-state index in [1.54, 1.807) is 10.9 Å². The van der Waals surface area contributed by atoms with Crippen molar-refractivity contribution in [3.63, 3.8) is 0 Å². The fourth-order valence-corrected chi connectivity index (χ4v) is 2.86. The van der Waals surface area contributed by atoms with Crippen LogP contribution in [0.15, 0.2) is 36.9 Å². The highest BCUT2D eigenvalue weighted by Gasteiger charge is 2.10. The number of ketones is 1. The van der Waals surface area contributed by atoms with Crippen molar-refractivity contribution in [2.45, 2.75) is 20.3 Å². The predicted octanol–water partition coefficient (Wildman–Crippen LogP) is 2.48. The molecule has 0 radical (unpaired) electrons. The summed E-state index contributed by atoms with van der Waals surface area (Å²) in [6.45, 7) is 6.37. The van der Waals surface area contributed by atoms with E-state index in [0.29, 0.717) is 13.0 Å². The zero-order chi connectivity index (χ0) is 17.8. The molecule has 130 valence electrons. The number of Topliss-reactive ketones (excluding diaryl/α,β-unsaturated/α-hetero) is 1. The van der Waals surface area contributed by atoms with Crippen molar-refractivity contribution in [1.29, 1.82) is 0 Å². The van der Waals surface area contributed by atoms with Gasteiger partial charge in [0.1, 0.15) is 0 Å². The lowest BCUT2D eigenvalue weighted by Gasteiger charge is -2.16. The maximum atomic E-state index is 12.3. The molecule has 0 saturated carbocycles. The number of hydrogen-bond acceptors (Lipinski definition) is 5. The van der Waals surface area contributed by atoms with Crippen molar-refractivity contribution in [2.75, 3.05) is 19.6 Å². The number of aryl methyl sites for hydroxylation is 1. The SMILES string of the molecule is CCN(CC)CC(=O)Cc1cc2cc(-c3cnn(C)c3)cnc2cn1. The number of likely N-dealkylation sites (N-methyl/N-ethyl adjacent to an activating group) is 1. The van der Waals surface area contributed by atoms with Crippen molar-refractivity contribution in [3.8, 4) is 11.1 Å². The van der Waals surface area contributed by atoms with Gasteiger partial charge < -0.3 is 0 Å². The van der Waals surface area contributed by atoms with E-state index in [1.807, 2.05) is 31.7 Å². The molecule has 6 heteroatoms. The second kappa shape index (κ2) is 7.53. The first-order valence-corrected chi connectivity index (χ1v) is 8.56. The summed E-state index contributed by atoms with van der Waals surface area (Å²) < 4.78 is 1.77. The first-order valence-electron chi connectivity index (χ1n) is 8.56. The van der Waals surface area contributed by atoms with Gasteiger partial charge in [-0.2, -0.15) is 5.10 Å². The van der Waals surface area contributed by atoms with Crippen LogP contribution in [-0.2, 0) is 18.3 Å². The minimum Gasteiger partial charge on any atom is -0.298 e. The van der Waals surface area contributed by atoms with E-state index < -0.39 is 0 Å². The van der Waals surface area contributed by atoms with E-state index in [-0.39, 0.29) is 5.78 Å². The van der Waals surface area contributed by atoms with Crippen LogP contribution in [0.1, 0.15) is 19.5 Å². The van der Waals surface area contributed by atoms with Gasteiger partial charge in [-0.05, 0) is 25.2 Å². The second-order valence-corrected chi connectivity index (χ2v) is 6.17. The van der Waals surface area contributed by atoms with Crippen molar-refractivity contribution in [3.05, 3.63) is 42.6 Å². The first kappa shape index (κ1) is 17.2. The Kier molecular flexibility index (Phi) is 5.19. The van der Waals surface area contributed by atoms with E-state index in [1.165, 1.54) is 0 Å². The Labute approximate surface area is 147 Å². The predicted molar refractivity (Wildman–Crippen MR) is 98.2 cm³/mol. The molecule has 25 heavy (non-hydrogen) atoms. The maximum Gasteiger partial charge on any atom is 0.152 e. The lowest BCUT2D eigenvalue weighted by molar-refractivity contribution is -0.119. The van der Waals surface area contributed by atoms with E-state index in [9.17, 15) is 4.79 Å². The van der Waals surface area contributed by atoms with Crippen LogP contribution in [0.2, 0.25) is 0 Å². The number of hydrogen-bond donors (Lipinski definition) is 0. The number of rotatable bonds is 7. The quantitative estimate of drug-likeness (QED) is 0.663. The molecule has 3 aromatic rings. The zero-order valence-electron chi connectivity index (χ0n) is 14.9. The standard InChI is InChI=1S/C19H23N5O/c1-4-24(5-2)13-18(25)8-17-7-14-6-15(9-21-19(14)11-20-17)16-10-22-23(3)12-16/h6-7,9-12H,4-5,8,13H2,1-3H3. The normalized spacial score (nSPS) is 11.4. The number of pyridine rings is 2. The molecule has 0 bridgehead atoms. The second-order valence-electron chi connectivity index (χ2n) is 6.17. The Morgan fingerprint density at radius 1 is 1.08 bits per heavy atom. The Morgan fingerprint density at radius 2 is 1.88 bits per heavy atom. The maximum absolute atomic E-state index is 12.3. The van der Waals surface area contributed by atoms with E-state index in [4.69, 9.17) is 0 Å². The molecular weight excluding hydrogens is 314 g/mol. The molecule has 3 rings (SSSR count). The molecule has 0 aliphatic carbocycles. The summed E-state index contributed by atoms with van der Waals surface area (Å²) in [6.07, 6.45) is 7.69. The zero-order valence-corrected chi connectivity index (χ0v) is 14.9. The van der Waals surface area contributed by atoms with Crippen LogP contribution in [0, 0.1) is 0 Å². The summed E-state index contributed by atoms with van der Waals surface area (Å²) in [5.74, 6) is 0.187. The molecule has 0 saturated heterocycles. The number of aromatic nitrogens is 4. The largest absolute Gasteiger partial charge is 0.298 e. The molecule has 6 nitrogen and oxygen atoms in total. The van der Waals surface area contributed by atoms with E-state index in [2.05, 4.69) is 39.9 Å². The summed E-state index contributed by atoms with van der Waals surface area (Å²) in [5, 5.41) is 5.19. The lowest BCUT2D eigenvalue weighted by Crippen LogP contribution is -2.30. The molecule has 0 aliphatic rings. The summed E-state index contributed by atoms with van der Waals surface area (Å²) in [4.78, 5) is 23.2. The Morgan fingerprint density at radius 3 is 2.56 bits per heavy atom. The number of nitrogens with zero attached hydrogens (tertiary/aromatic N) is 5. The summed E-state index contributed by atoms with van der Waals surface area (Å²) in [7, 11) is 1.89. The highest BCUT2D eigenvalue weighted by atomic mass is 16.1. The van der Waals surface area contributed by atoms with Gasteiger partial charge in [-0.25, -0.2) is 0 Å². The Hall–Kier alpha value is -2.60. The fraction of sp³-hybridized carbons (Fsp3) is 0.368. The highest BCUT2D eigenvalue weighted by Crippen LogP contribution is 2.22. The molecule has 0 aromatic carbocycles. The van der Waals surface area contributed by atoms with Crippen LogP contribution >= 0.6 is 0 Å². The summed E-state index contributed by atoms with van der Waals surface area (Å²) >= 11 is 0. The average molecular weight is 337 g/mol.